The zero-order valence-corrected chi connectivity index (χ0v) is 13.1. The Morgan fingerprint density at radius 1 is 1.00 bits per heavy atom. The third-order valence-electron chi connectivity index (χ3n) is 3.36. The molecule has 23 heavy (non-hydrogen) atoms. The summed E-state index contributed by atoms with van der Waals surface area (Å²) in [5.74, 6) is -1.19. The van der Waals surface area contributed by atoms with Gasteiger partial charge >= 0.3 is 0 Å². The highest BCUT2D eigenvalue weighted by atomic mass is 19.1. The molecule has 120 valence electrons. The fraction of sp³-hybridized carbons (Fsp3) is 0.222. The number of benzene rings is 2. The van der Waals surface area contributed by atoms with Crippen LogP contribution in [0.1, 0.15) is 19.4 Å². The molecule has 0 bridgehead atoms. The summed E-state index contributed by atoms with van der Waals surface area (Å²) in [4.78, 5) is 24.4. The van der Waals surface area contributed by atoms with E-state index in [-0.39, 0.29) is 12.3 Å². The number of para-hydroxylation sites is 1. The third kappa shape index (κ3) is 4.64. The van der Waals surface area contributed by atoms with Crippen LogP contribution in [0.15, 0.2) is 54.6 Å². The van der Waals surface area contributed by atoms with Gasteiger partial charge in [-0.15, -0.1) is 0 Å². The number of anilines is 1. The van der Waals surface area contributed by atoms with Crippen molar-refractivity contribution < 1.29 is 14.0 Å². The van der Waals surface area contributed by atoms with Crippen molar-refractivity contribution in [3.05, 3.63) is 66.0 Å². The standard InChI is InChI=1S/C18H19FN2O2/c1-18(2,17(23)20-14-9-4-3-5-10-14)21-16(22)12-13-8-6-7-11-15(13)19/h3-11H,12H2,1-2H3,(H,20,23)(H,21,22). The van der Waals surface area contributed by atoms with Crippen LogP contribution in [-0.2, 0) is 16.0 Å². The van der Waals surface area contributed by atoms with Gasteiger partial charge in [0.25, 0.3) is 0 Å². The fourth-order valence-corrected chi connectivity index (χ4v) is 2.07. The van der Waals surface area contributed by atoms with Gasteiger partial charge in [-0.25, -0.2) is 4.39 Å². The molecule has 0 spiro atoms. The fourth-order valence-electron chi connectivity index (χ4n) is 2.07. The lowest BCUT2D eigenvalue weighted by molar-refractivity contribution is -0.129. The maximum absolute atomic E-state index is 13.6. The van der Waals surface area contributed by atoms with Crippen LogP contribution in [0.3, 0.4) is 0 Å². The summed E-state index contributed by atoms with van der Waals surface area (Å²) >= 11 is 0. The zero-order chi connectivity index (χ0) is 16.9. The van der Waals surface area contributed by atoms with Crippen molar-refractivity contribution >= 4 is 17.5 Å². The molecule has 4 nitrogen and oxygen atoms in total. The molecule has 0 heterocycles. The predicted octanol–water partition coefficient (Wildman–Crippen LogP) is 2.90. The van der Waals surface area contributed by atoms with Crippen LogP contribution in [0, 0.1) is 5.82 Å². The molecule has 0 radical (unpaired) electrons. The minimum absolute atomic E-state index is 0.116. The summed E-state index contributed by atoms with van der Waals surface area (Å²) in [5.41, 5.74) is -0.170. The smallest absolute Gasteiger partial charge is 0.249 e. The van der Waals surface area contributed by atoms with E-state index in [0.29, 0.717) is 11.3 Å². The molecule has 0 aromatic heterocycles. The highest BCUT2D eigenvalue weighted by Crippen LogP contribution is 2.12. The molecular formula is C18H19FN2O2. The summed E-state index contributed by atoms with van der Waals surface area (Å²) in [6.07, 6.45) is -0.116. The lowest BCUT2D eigenvalue weighted by Crippen LogP contribution is -2.52. The van der Waals surface area contributed by atoms with E-state index in [2.05, 4.69) is 10.6 Å². The molecule has 0 unspecified atom stereocenters. The molecule has 0 aliphatic heterocycles. The van der Waals surface area contributed by atoms with Gasteiger partial charge < -0.3 is 10.6 Å². The lowest BCUT2D eigenvalue weighted by Gasteiger charge is -2.25. The highest BCUT2D eigenvalue weighted by molar-refractivity contribution is 6.00. The monoisotopic (exact) mass is 314 g/mol. The Bertz CT molecular complexity index is 699. The summed E-state index contributed by atoms with van der Waals surface area (Å²) in [6, 6.07) is 15.1. The minimum Gasteiger partial charge on any atom is -0.342 e. The van der Waals surface area contributed by atoms with Crippen molar-refractivity contribution in [3.63, 3.8) is 0 Å². The minimum atomic E-state index is -1.11. The molecule has 0 fully saturated rings. The Morgan fingerprint density at radius 2 is 1.61 bits per heavy atom. The molecule has 5 heteroatoms. The van der Waals surface area contributed by atoms with Crippen molar-refractivity contribution in [2.24, 2.45) is 0 Å². The number of nitrogens with one attached hydrogen (secondary N) is 2. The van der Waals surface area contributed by atoms with Crippen molar-refractivity contribution in [2.75, 3.05) is 5.32 Å². The lowest BCUT2D eigenvalue weighted by atomic mass is 10.0. The van der Waals surface area contributed by atoms with Crippen LogP contribution in [0.5, 0.6) is 0 Å². The van der Waals surface area contributed by atoms with Gasteiger partial charge in [0.2, 0.25) is 11.8 Å². The van der Waals surface area contributed by atoms with E-state index in [1.165, 1.54) is 6.07 Å². The second kappa shape index (κ2) is 7.05. The second-order valence-electron chi connectivity index (χ2n) is 5.76. The van der Waals surface area contributed by atoms with Crippen LogP contribution in [0.4, 0.5) is 10.1 Å². The molecular weight excluding hydrogens is 295 g/mol. The average Bonchev–Trinajstić information content (AvgIpc) is 2.50. The zero-order valence-electron chi connectivity index (χ0n) is 13.1. The number of carbonyl (C=O) groups excluding carboxylic acids is 2. The molecule has 0 aliphatic rings. The van der Waals surface area contributed by atoms with E-state index < -0.39 is 17.3 Å². The van der Waals surface area contributed by atoms with Crippen LogP contribution in [0.25, 0.3) is 0 Å². The van der Waals surface area contributed by atoms with E-state index in [1.807, 2.05) is 6.07 Å². The Balaban J connectivity index is 1.98. The maximum atomic E-state index is 13.6. The summed E-state index contributed by atoms with van der Waals surface area (Å²) in [7, 11) is 0. The molecule has 2 amide bonds. The summed E-state index contributed by atoms with van der Waals surface area (Å²) < 4.78 is 13.6. The molecule has 0 aliphatic carbocycles. The molecule has 0 saturated carbocycles. The van der Waals surface area contributed by atoms with Crippen molar-refractivity contribution in [2.45, 2.75) is 25.8 Å². The van der Waals surface area contributed by atoms with Crippen molar-refractivity contribution in [1.29, 1.82) is 0 Å². The van der Waals surface area contributed by atoms with Gasteiger partial charge in [-0.1, -0.05) is 36.4 Å². The van der Waals surface area contributed by atoms with E-state index in [4.69, 9.17) is 0 Å². The molecule has 0 saturated heterocycles. The van der Waals surface area contributed by atoms with Gasteiger partial charge in [-0.2, -0.15) is 0 Å². The first kappa shape index (κ1) is 16.7. The topological polar surface area (TPSA) is 58.2 Å². The average molecular weight is 314 g/mol. The SMILES string of the molecule is CC(C)(NC(=O)Cc1ccccc1F)C(=O)Nc1ccccc1. The number of carbonyl (C=O) groups is 2. The van der Waals surface area contributed by atoms with Gasteiger partial charge in [0.05, 0.1) is 6.42 Å². The molecule has 2 N–H and O–H groups in total. The molecule has 2 aromatic rings. The summed E-state index contributed by atoms with van der Waals surface area (Å²) in [6.45, 7) is 3.20. The number of hydrogen-bond acceptors (Lipinski definition) is 2. The summed E-state index contributed by atoms with van der Waals surface area (Å²) in [5, 5.41) is 5.37. The van der Waals surface area contributed by atoms with Gasteiger partial charge in [-0.05, 0) is 37.6 Å². The first-order chi connectivity index (χ1) is 10.9. The number of hydrogen-bond donors (Lipinski definition) is 2. The largest absolute Gasteiger partial charge is 0.342 e. The van der Waals surface area contributed by atoms with Crippen molar-refractivity contribution in [1.82, 2.24) is 5.32 Å². The molecule has 0 atom stereocenters. The Hall–Kier alpha value is -2.69. The van der Waals surface area contributed by atoms with Crippen LogP contribution >= 0.6 is 0 Å². The third-order valence-corrected chi connectivity index (χ3v) is 3.36. The van der Waals surface area contributed by atoms with Gasteiger partial charge in [0, 0.05) is 5.69 Å². The van der Waals surface area contributed by atoms with Crippen LogP contribution in [0.2, 0.25) is 0 Å². The number of rotatable bonds is 5. The molecule has 2 rings (SSSR count). The highest BCUT2D eigenvalue weighted by Gasteiger charge is 2.29. The predicted molar refractivity (Wildman–Crippen MR) is 87.4 cm³/mol. The number of halogens is 1. The number of amides is 2. The normalized spacial score (nSPS) is 10.9. The first-order valence-corrected chi connectivity index (χ1v) is 7.29. The van der Waals surface area contributed by atoms with Crippen molar-refractivity contribution in [3.8, 4) is 0 Å². The van der Waals surface area contributed by atoms with E-state index in [9.17, 15) is 14.0 Å². The van der Waals surface area contributed by atoms with Gasteiger partial charge in [-0.3, -0.25) is 9.59 Å². The molecule has 2 aromatic carbocycles. The van der Waals surface area contributed by atoms with Crippen LogP contribution in [-0.4, -0.2) is 17.4 Å². The Kier molecular flexibility index (Phi) is 5.11. The van der Waals surface area contributed by atoms with E-state index >= 15 is 0 Å². The second-order valence-corrected chi connectivity index (χ2v) is 5.76. The van der Waals surface area contributed by atoms with Gasteiger partial charge in [0.15, 0.2) is 0 Å². The van der Waals surface area contributed by atoms with Crippen LogP contribution < -0.4 is 10.6 Å². The Morgan fingerprint density at radius 3 is 2.26 bits per heavy atom. The van der Waals surface area contributed by atoms with Gasteiger partial charge in [0.1, 0.15) is 11.4 Å². The Labute approximate surface area is 134 Å². The van der Waals surface area contributed by atoms with E-state index in [0.717, 1.165) is 0 Å². The van der Waals surface area contributed by atoms with E-state index in [1.54, 1.807) is 56.3 Å². The maximum Gasteiger partial charge on any atom is 0.249 e. The first-order valence-electron chi connectivity index (χ1n) is 7.29. The quantitative estimate of drug-likeness (QED) is 0.891.